The lowest BCUT2D eigenvalue weighted by Gasteiger charge is -2.26. The number of pyridine rings is 1. The van der Waals surface area contributed by atoms with Crippen LogP contribution in [0.2, 0.25) is 0 Å². The summed E-state index contributed by atoms with van der Waals surface area (Å²) in [6.45, 7) is 2.32. The number of piperazine rings is 1. The van der Waals surface area contributed by atoms with Crippen molar-refractivity contribution in [3.8, 4) is 17.0 Å². The largest absolute Gasteiger partial charge is 0.508 e. The highest BCUT2D eigenvalue weighted by Gasteiger charge is 2.38. The van der Waals surface area contributed by atoms with Gasteiger partial charge in [0.1, 0.15) is 5.75 Å². The van der Waals surface area contributed by atoms with Gasteiger partial charge in [0.15, 0.2) is 11.4 Å². The number of hydrogen-bond donors (Lipinski definition) is 3. The van der Waals surface area contributed by atoms with Crippen LogP contribution in [0.25, 0.3) is 22.3 Å². The van der Waals surface area contributed by atoms with Crippen molar-refractivity contribution in [2.24, 2.45) is 0 Å². The molecule has 1 aromatic carbocycles. The Hall–Kier alpha value is -2.77. The topological polar surface area (TPSA) is 94.1 Å². The van der Waals surface area contributed by atoms with Crippen molar-refractivity contribution in [3.05, 3.63) is 42.1 Å². The molecule has 2 saturated heterocycles. The van der Waals surface area contributed by atoms with Gasteiger partial charge in [0, 0.05) is 41.7 Å². The van der Waals surface area contributed by atoms with Gasteiger partial charge in [-0.1, -0.05) is 0 Å². The molecular weight excluding hydrogens is 330 g/mol. The number of fused-ring (bicyclic) bond motifs is 3. The van der Waals surface area contributed by atoms with Crippen LogP contribution in [0.15, 0.2) is 36.5 Å². The second-order valence-corrected chi connectivity index (χ2v) is 7.08. The molecule has 3 aromatic rings. The Bertz CT molecular complexity index is 981. The van der Waals surface area contributed by atoms with Crippen molar-refractivity contribution in [1.82, 2.24) is 25.4 Å². The Kier molecular flexibility index (Phi) is 3.51. The molecular formula is C19H19N5O2. The number of phenols is 1. The maximum atomic E-state index is 13.1. The number of nitrogens with zero attached hydrogens (tertiary/aromatic N) is 3. The van der Waals surface area contributed by atoms with E-state index in [9.17, 15) is 9.90 Å². The number of hydrogen-bond acceptors (Lipinski definition) is 6. The van der Waals surface area contributed by atoms with E-state index in [0.717, 1.165) is 30.5 Å². The predicted octanol–water partition coefficient (Wildman–Crippen LogP) is 1.56. The molecule has 2 aliphatic rings. The second-order valence-electron chi connectivity index (χ2n) is 7.08. The number of nitrogens with one attached hydrogen (secondary N) is 2. The first-order chi connectivity index (χ1) is 12.7. The van der Waals surface area contributed by atoms with Crippen LogP contribution in [-0.2, 0) is 0 Å². The summed E-state index contributed by atoms with van der Waals surface area (Å²) in [6.07, 6.45) is 2.79. The predicted molar refractivity (Wildman–Crippen MR) is 97.1 cm³/mol. The SMILES string of the molecule is O=C(CN1CC2CC1CN2)c1cc(-c2ccc(O)cc2)nc2[nH]ncc12. The molecule has 7 nitrogen and oxygen atoms in total. The van der Waals surface area contributed by atoms with Crippen LogP contribution in [0.3, 0.4) is 0 Å². The molecule has 3 N–H and O–H groups in total. The summed E-state index contributed by atoms with van der Waals surface area (Å²) in [5, 5.41) is 20.6. The normalized spacial score (nSPS) is 22.3. The lowest BCUT2D eigenvalue weighted by molar-refractivity contribution is 0.0913. The summed E-state index contributed by atoms with van der Waals surface area (Å²) in [6, 6.07) is 9.62. The first-order valence-electron chi connectivity index (χ1n) is 8.81. The number of Topliss-reactive ketones (excluding diaryl/α,β-unsaturated/α-hetero) is 1. The van der Waals surface area contributed by atoms with Crippen LogP contribution >= 0.6 is 0 Å². The number of aromatic nitrogens is 3. The van der Waals surface area contributed by atoms with E-state index in [2.05, 4.69) is 25.4 Å². The molecule has 2 atom stereocenters. The number of H-pyrrole nitrogens is 1. The van der Waals surface area contributed by atoms with Gasteiger partial charge in [0.2, 0.25) is 0 Å². The van der Waals surface area contributed by atoms with Gasteiger partial charge in [-0.3, -0.25) is 14.8 Å². The van der Waals surface area contributed by atoms with Crippen molar-refractivity contribution in [1.29, 1.82) is 0 Å². The highest BCUT2D eigenvalue weighted by atomic mass is 16.3. The minimum absolute atomic E-state index is 0.0892. The fourth-order valence-electron chi connectivity index (χ4n) is 4.05. The maximum Gasteiger partial charge on any atom is 0.177 e. The minimum Gasteiger partial charge on any atom is -0.508 e. The molecule has 132 valence electrons. The summed E-state index contributed by atoms with van der Waals surface area (Å²) in [5.41, 5.74) is 2.78. The van der Waals surface area contributed by atoms with Gasteiger partial charge in [-0.15, -0.1) is 0 Å². The van der Waals surface area contributed by atoms with Crippen LogP contribution < -0.4 is 5.32 Å². The van der Waals surface area contributed by atoms with Gasteiger partial charge in [0.25, 0.3) is 0 Å². The molecule has 4 heterocycles. The highest BCUT2D eigenvalue weighted by molar-refractivity contribution is 6.08. The Morgan fingerprint density at radius 1 is 1.31 bits per heavy atom. The molecule has 0 aliphatic carbocycles. The number of carbonyl (C=O) groups is 1. The van der Waals surface area contributed by atoms with Crippen molar-refractivity contribution in [3.63, 3.8) is 0 Å². The van der Waals surface area contributed by atoms with E-state index in [4.69, 9.17) is 0 Å². The second kappa shape index (κ2) is 5.89. The Balaban J connectivity index is 1.50. The van der Waals surface area contributed by atoms with Crippen LogP contribution in [0.4, 0.5) is 0 Å². The molecule has 0 saturated carbocycles. The molecule has 2 bridgehead atoms. The van der Waals surface area contributed by atoms with E-state index < -0.39 is 0 Å². The van der Waals surface area contributed by atoms with E-state index in [-0.39, 0.29) is 11.5 Å². The third kappa shape index (κ3) is 2.56. The molecule has 7 heteroatoms. The first kappa shape index (κ1) is 15.5. The summed E-state index contributed by atoms with van der Waals surface area (Å²) in [4.78, 5) is 19.9. The fraction of sp³-hybridized carbons (Fsp3) is 0.316. The van der Waals surface area contributed by atoms with E-state index >= 15 is 0 Å². The van der Waals surface area contributed by atoms with E-state index in [1.54, 1.807) is 30.5 Å². The van der Waals surface area contributed by atoms with Crippen molar-refractivity contribution in [2.75, 3.05) is 19.6 Å². The standard InChI is InChI=1S/C19H19N5O2/c25-14-3-1-11(2-4-14)17-6-15(16-8-21-23-19(16)22-17)18(26)10-24-9-12-5-13(24)7-20-12/h1-4,6,8,12-13,20,25H,5,7,9-10H2,(H,21,22,23). The summed E-state index contributed by atoms with van der Waals surface area (Å²) in [5.74, 6) is 0.289. The summed E-state index contributed by atoms with van der Waals surface area (Å²) < 4.78 is 0. The zero-order valence-corrected chi connectivity index (χ0v) is 14.1. The van der Waals surface area contributed by atoms with Gasteiger partial charge in [-0.2, -0.15) is 5.10 Å². The lowest BCUT2D eigenvalue weighted by atomic mass is 10.0. The number of aromatic amines is 1. The Morgan fingerprint density at radius 2 is 2.15 bits per heavy atom. The zero-order valence-electron chi connectivity index (χ0n) is 14.1. The number of aromatic hydroxyl groups is 1. The van der Waals surface area contributed by atoms with Gasteiger partial charge in [0.05, 0.1) is 18.4 Å². The molecule has 2 aromatic heterocycles. The number of benzene rings is 1. The Morgan fingerprint density at radius 3 is 2.88 bits per heavy atom. The summed E-state index contributed by atoms with van der Waals surface area (Å²) in [7, 11) is 0. The van der Waals surface area contributed by atoms with Crippen LogP contribution in [0.1, 0.15) is 16.8 Å². The molecule has 2 fully saturated rings. The lowest BCUT2D eigenvalue weighted by Crippen LogP contribution is -2.45. The number of ketones is 1. The smallest absolute Gasteiger partial charge is 0.177 e. The molecule has 0 radical (unpaired) electrons. The maximum absolute atomic E-state index is 13.1. The third-order valence-corrected chi connectivity index (χ3v) is 5.40. The average molecular weight is 349 g/mol. The van der Waals surface area contributed by atoms with Gasteiger partial charge >= 0.3 is 0 Å². The number of phenolic OH excluding ortho intramolecular Hbond substituents is 1. The van der Waals surface area contributed by atoms with Gasteiger partial charge in [-0.05, 0) is 36.8 Å². The van der Waals surface area contributed by atoms with E-state index in [1.165, 1.54) is 0 Å². The van der Waals surface area contributed by atoms with Crippen molar-refractivity contribution < 1.29 is 9.90 Å². The highest BCUT2D eigenvalue weighted by Crippen LogP contribution is 2.27. The quantitative estimate of drug-likeness (QED) is 0.619. The summed E-state index contributed by atoms with van der Waals surface area (Å²) >= 11 is 0. The van der Waals surface area contributed by atoms with Crippen LogP contribution in [-0.4, -0.2) is 62.7 Å². The van der Waals surface area contributed by atoms with Gasteiger partial charge < -0.3 is 10.4 Å². The molecule has 26 heavy (non-hydrogen) atoms. The van der Waals surface area contributed by atoms with E-state index in [1.807, 2.05) is 6.07 Å². The average Bonchev–Trinajstić information content (AvgIpc) is 3.37. The molecule has 5 rings (SSSR count). The molecule has 0 spiro atoms. The minimum atomic E-state index is 0.0892. The first-order valence-corrected chi connectivity index (χ1v) is 8.81. The number of likely N-dealkylation sites (tertiary alicyclic amines) is 1. The fourth-order valence-corrected chi connectivity index (χ4v) is 4.05. The van der Waals surface area contributed by atoms with Crippen molar-refractivity contribution >= 4 is 16.8 Å². The van der Waals surface area contributed by atoms with Gasteiger partial charge in [-0.25, -0.2) is 4.98 Å². The third-order valence-electron chi connectivity index (χ3n) is 5.40. The monoisotopic (exact) mass is 349 g/mol. The molecule has 2 aliphatic heterocycles. The van der Waals surface area contributed by atoms with Crippen LogP contribution in [0, 0.1) is 0 Å². The molecule has 0 amide bonds. The van der Waals surface area contributed by atoms with Crippen LogP contribution in [0.5, 0.6) is 5.75 Å². The molecule has 2 unspecified atom stereocenters. The number of rotatable bonds is 4. The van der Waals surface area contributed by atoms with E-state index in [0.29, 0.717) is 35.5 Å². The number of carbonyl (C=O) groups excluding carboxylic acids is 1. The Labute approximate surface area is 150 Å². The zero-order chi connectivity index (χ0) is 17.7. The van der Waals surface area contributed by atoms with Crippen molar-refractivity contribution in [2.45, 2.75) is 18.5 Å².